The van der Waals surface area contributed by atoms with Gasteiger partial charge in [0.2, 0.25) is 6.79 Å². The van der Waals surface area contributed by atoms with Crippen LogP contribution in [0.25, 0.3) is 0 Å². The van der Waals surface area contributed by atoms with Crippen LogP contribution in [-0.4, -0.2) is 36.7 Å². The molecule has 7 nitrogen and oxygen atoms in total. The van der Waals surface area contributed by atoms with Gasteiger partial charge in [0.1, 0.15) is 0 Å². The lowest BCUT2D eigenvalue weighted by atomic mass is 10.1. The van der Waals surface area contributed by atoms with Gasteiger partial charge in [0.15, 0.2) is 11.5 Å². The minimum Gasteiger partial charge on any atom is -0.454 e. The Bertz CT molecular complexity index is 862. The second-order valence-electron chi connectivity index (χ2n) is 6.80. The molecular formula is C20H21N3O4. The fourth-order valence-electron chi connectivity index (χ4n) is 2.88. The maximum Gasteiger partial charge on any atom is 0.319 e. The van der Waals surface area contributed by atoms with Gasteiger partial charge in [-0.3, -0.25) is 4.79 Å². The SMILES string of the molecule is CN(Cc1ccc2c(c1)OCO2)C(=O)c1ccc(NC(=O)NC2CC2)cc1. The van der Waals surface area contributed by atoms with E-state index >= 15 is 0 Å². The number of hydrogen-bond donors (Lipinski definition) is 2. The van der Waals surface area contributed by atoms with Crippen LogP contribution in [0, 0.1) is 0 Å². The van der Waals surface area contributed by atoms with Gasteiger partial charge >= 0.3 is 6.03 Å². The van der Waals surface area contributed by atoms with Crippen LogP contribution in [0.5, 0.6) is 11.5 Å². The van der Waals surface area contributed by atoms with Crippen LogP contribution in [-0.2, 0) is 6.54 Å². The molecule has 3 amide bonds. The third-order valence-corrected chi connectivity index (χ3v) is 4.51. The van der Waals surface area contributed by atoms with Gasteiger partial charge in [0.25, 0.3) is 5.91 Å². The van der Waals surface area contributed by atoms with Gasteiger partial charge < -0.3 is 25.0 Å². The lowest BCUT2D eigenvalue weighted by molar-refractivity contribution is 0.0785. The van der Waals surface area contributed by atoms with E-state index in [4.69, 9.17) is 9.47 Å². The summed E-state index contributed by atoms with van der Waals surface area (Å²) in [5.74, 6) is 1.33. The fourth-order valence-corrected chi connectivity index (χ4v) is 2.88. The summed E-state index contributed by atoms with van der Waals surface area (Å²) in [6, 6.07) is 12.6. The number of urea groups is 1. The molecule has 27 heavy (non-hydrogen) atoms. The molecule has 0 atom stereocenters. The highest BCUT2D eigenvalue weighted by Gasteiger charge is 2.23. The number of anilines is 1. The van der Waals surface area contributed by atoms with Crippen LogP contribution in [0.4, 0.5) is 10.5 Å². The van der Waals surface area contributed by atoms with Crippen LogP contribution in [0.2, 0.25) is 0 Å². The van der Waals surface area contributed by atoms with Crippen LogP contribution in [0.1, 0.15) is 28.8 Å². The smallest absolute Gasteiger partial charge is 0.319 e. The molecule has 4 rings (SSSR count). The Labute approximate surface area is 157 Å². The Morgan fingerprint density at radius 1 is 1.07 bits per heavy atom. The molecule has 1 fully saturated rings. The second-order valence-corrected chi connectivity index (χ2v) is 6.80. The first kappa shape index (κ1) is 17.2. The van der Waals surface area contributed by atoms with Crippen molar-refractivity contribution in [2.45, 2.75) is 25.4 Å². The van der Waals surface area contributed by atoms with Crippen molar-refractivity contribution in [3.05, 3.63) is 53.6 Å². The van der Waals surface area contributed by atoms with E-state index in [1.807, 2.05) is 18.2 Å². The zero-order valence-electron chi connectivity index (χ0n) is 15.0. The predicted molar refractivity (Wildman–Crippen MR) is 100.0 cm³/mol. The number of carbonyl (C=O) groups is 2. The van der Waals surface area contributed by atoms with E-state index < -0.39 is 0 Å². The summed E-state index contributed by atoms with van der Waals surface area (Å²) in [5.41, 5.74) is 2.18. The van der Waals surface area contributed by atoms with Crippen molar-refractivity contribution in [1.82, 2.24) is 10.2 Å². The van der Waals surface area contributed by atoms with Crippen molar-refractivity contribution in [3.8, 4) is 11.5 Å². The van der Waals surface area contributed by atoms with Crippen LogP contribution in [0.15, 0.2) is 42.5 Å². The number of amides is 3. The highest BCUT2D eigenvalue weighted by atomic mass is 16.7. The van der Waals surface area contributed by atoms with Crippen molar-refractivity contribution >= 4 is 17.6 Å². The molecule has 2 aliphatic rings. The molecule has 0 aromatic heterocycles. The van der Waals surface area contributed by atoms with Crippen molar-refractivity contribution in [3.63, 3.8) is 0 Å². The molecule has 140 valence electrons. The van der Waals surface area contributed by atoms with Crippen LogP contribution >= 0.6 is 0 Å². The molecule has 0 bridgehead atoms. The summed E-state index contributed by atoms with van der Waals surface area (Å²) in [6.07, 6.45) is 2.08. The summed E-state index contributed by atoms with van der Waals surface area (Å²) in [5, 5.41) is 5.63. The average Bonchev–Trinajstić information content (AvgIpc) is 3.35. The standard InChI is InChI=1S/C20H21N3O4/c1-23(11-13-2-9-17-18(10-13)27-12-26-17)19(24)14-3-5-15(6-4-14)21-20(25)22-16-7-8-16/h2-6,9-10,16H,7-8,11-12H2,1H3,(H2,21,22,25). The molecule has 1 heterocycles. The molecular weight excluding hydrogens is 346 g/mol. The topological polar surface area (TPSA) is 79.9 Å². The monoisotopic (exact) mass is 367 g/mol. The number of nitrogens with zero attached hydrogens (tertiary/aromatic N) is 1. The van der Waals surface area contributed by atoms with E-state index in [2.05, 4.69) is 10.6 Å². The third kappa shape index (κ3) is 4.13. The minimum atomic E-state index is -0.212. The summed E-state index contributed by atoms with van der Waals surface area (Å²) in [4.78, 5) is 26.0. The van der Waals surface area contributed by atoms with E-state index in [1.165, 1.54) is 0 Å². The van der Waals surface area contributed by atoms with Crippen LogP contribution < -0.4 is 20.1 Å². The second kappa shape index (κ2) is 7.19. The number of carbonyl (C=O) groups excluding carboxylic acids is 2. The Hall–Kier alpha value is -3.22. The predicted octanol–water partition coefficient (Wildman–Crippen LogP) is 2.97. The van der Waals surface area contributed by atoms with Gasteiger partial charge in [-0.1, -0.05) is 6.07 Å². The van der Waals surface area contributed by atoms with Crippen molar-refractivity contribution in [2.75, 3.05) is 19.2 Å². The molecule has 1 saturated carbocycles. The first-order valence-corrected chi connectivity index (χ1v) is 8.90. The number of rotatable bonds is 5. The summed E-state index contributed by atoms with van der Waals surface area (Å²) >= 11 is 0. The molecule has 2 aromatic rings. The fraction of sp³-hybridized carbons (Fsp3) is 0.300. The molecule has 0 unspecified atom stereocenters. The molecule has 0 spiro atoms. The summed E-state index contributed by atoms with van der Waals surface area (Å²) in [7, 11) is 1.75. The molecule has 0 radical (unpaired) electrons. The first-order valence-electron chi connectivity index (χ1n) is 8.90. The normalized spacial score (nSPS) is 14.6. The van der Waals surface area contributed by atoms with Gasteiger partial charge in [0.05, 0.1) is 0 Å². The molecule has 2 aromatic carbocycles. The third-order valence-electron chi connectivity index (χ3n) is 4.51. The summed E-state index contributed by atoms with van der Waals surface area (Å²) < 4.78 is 10.7. The Morgan fingerprint density at radius 3 is 2.56 bits per heavy atom. The molecule has 7 heteroatoms. The van der Waals surface area contributed by atoms with Crippen molar-refractivity contribution in [2.24, 2.45) is 0 Å². The number of ether oxygens (including phenoxy) is 2. The molecule has 2 N–H and O–H groups in total. The number of benzene rings is 2. The van der Waals surface area contributed by atoms with Crippen molar-refractivity contribution in [1.29, 1.82) is 0 Å². The van der Waals surface area contributed by atoms with Gasteiger partial charge in [-0.05, 0) is 54.8 Å². The van der Waals surface area contributed by atoms with E-state index in [9.17, 15) is 9.59 Å². The van der Waals surface area contributed by atoms with E-state index in [0.29, 0.717) is 29.6 Å². The number of fused-ring (bicyclic) bond motifs is 1. The Kier molecular flexibility index (Phi) is 4.58. The quantitative estimate of drug-likeness (QED) is 0.851. The van der Waals surface area contributed by atoms with Crippen molar-refractivity contribution < 1.29 is 19.1 Å². The zero-order chi connectivity index (χ0) is 18.8. The van der Waals surface area contributed by atoms with E-state index in [0.717, 1.165) is 24.2 Å². The summed E-state index contributed by atoms with van der Waals surface area (Å²) in [6.45, 7) is 0.686. The molecule has 0 saturated heterocycles. The van der Waals surface area contributed by atoms with E-state index in [1.54, 1.807) is 36.2 Å². The number of hydrogen-bond acceptors (Lipinski definition) is 4. The number of nitrogens with one attached hydrogen (secondary N) is 2. The maximum atomic E-state index is 12.6. The zero-order valence-corrected chi connectivity index (χ0v) is 15.0. The maximum absolute atomic E-state index is 12.6. The Balaban J connectivity index is 1.35. The first-order chi connectivity index (χ1) is 13.1. The highest BCUT2D eigenvalue weighted by Crippen LogP contribution is 2.32. The van der Waals surface area contributed by atoms with E-state index in [-0.39, 0.29) is 18.7 Å². The lowest BCUT2D eigenvalue weighted by Crippen LogP contribution is -2.30. The minimum absolute atomic E-state index is 0.0957. The average molecular weight is 367 g/mol. The molecule has 1 aliphatic carbocycles. The Morgan fingerprint density at radius 2 is 1.81 bits per heavy atom. The molecule has 1 aliphatic heterocycles. The van der Waals surface area contributed by atoms with Gasteiger partial charge in [-0.2, -0.15) is 0 Å². The highest BCUT2D eigenvalue weighted by molar-refractivity contribution is 5.95. The van der Waals surface area contributed by atoms with Gasteiger partial charge in [-0.15, -0.1) is 0 Å². The largest absolute Gasteiger partial charge is 0.454 e. The van der Waals surface area contributed by atoms with Gasteiger partial charge in [-0.25, -0.2) is 4.79 Å². The van der Waals surface area contributed by atoms with Crippen LogP contribution in [0.3, 0.4) is 0 Å². The van der Waals surface area contributed by atoms with Gasteiger partial charge in [0, 0.05) is 30.9 Å². The lowest BCUT2D eigenvalue weighted by Gasteiger charge is -2.18.